The first-order valence-electron chi connectivity index (χ1n) is 7.91. The Hall–Kier alpha value is -1.06. The van der Waals surface area contributed by atoms with Crippen LogP contribution in [-0.2, 0) is 6.54 Å². The number of nitrogens with one attached hydrogen (secondary N) is 1. The first kappa shape index (κ1) is 15.3. The minimum atomic E-state index is 0.770. The number of hydrogen-bond acceptors (Lipinski definition) is 3. The van der Waals surface area contributed by atoms with Crippen molar-refractivity contribution in [1.29, 1.82) is 0 Å². The SMILES string of the molecule is CCN(CCCN(C)C)c1ccccc1CNC1CC1. The van der Waals surface area contributed by atoms with Gasteiger partial charge in [0.05, 0.1) is 0 Å². The molecule has 1 aromatic carbocycles. The van der Waals surface area contributed by atoms with E-state index in [1.165, 1.54) is 30.5 Å². The zero-order chi connectivity index (χ0) is 14.4. The number of hydrogen-bond donors (Lipinski definition) is 1. The quantitative estimate of drug-likeness (QED) is 0.747. The Morgan fingerprint density at radius 3 is 2.55 bits per heavy atom. The summed E-state index contributed by atoms with van der Waals surface area (Å²) in [7, 11) is 4.29. The van der Waals surface area contributed by atoms with E-state index in [0.29, 0.717) is 0 Å². The highest BCUT2D eigenvalue weighted by atomic mass is 15.1. The molecule has 0 aromatic heterocycles. The molecule has 0 heterocycles. The van der Waals surface area contributed by atoms with Crippen LogP contribution >= 0.6 is 0 Å². The van der Waals surface area contributed by atoms with Crippen molar-refractivity contribution in [1.82, 2.24) is 10.2 Å². The fourth-order valence-corrected chi connectivity index (χ4v) is 2.54. The molecule has 1 aliphatic rings. The molecule has 0 spiro atoms. The van der Waals surface area contributed by atoms with E-state index in [0.717, 1.165) is 32.2 Å². The molecule has 20 heavy (non-hydrogen) atoms. The van der Waals surface area contributed by atoms with Crippen molar-refractivity contribution in [2.75, 3.05) is 38.6 Å². The Kier molecular flexibility index (Phi) is 5.86. The maximum Gasteiger partial charge on any atom is 0.0411 e. The van der Waals surface area contributed by atoms with Crippen molar-refractivity contribution in [3.63, 3.8) is 0 Å². The van der Waals surface area contributed by atoms with Crippen LogP contribution in [0.2, 0.25) is 0 Å². The van der Waals surface area contributed by atoms with Crippen molar-refractivity contribution < 1.29 is 0 Å². The lowest BCUT2D eigenvalue weighted by Gasteiger charge is -2.26. The second kappa shape index (κ2) is 7.65. The zero-order valence-corrected chi connectivity index (χ0v) is 13.2. The van der Waals surface area contributed by atoms with Gasteiger partial charge in [-0.25, -0.2) is 0 Å². The number of benzene rings is 1. The number of nitrogens with zero attached hydrogens (tertiary/aromatic N) is 2. The van der Waals surface area contributed by atoms with Crippen molar-refractivity contribution in [2.24, 2.45) is 0 Å². The standard InChI is InChI=1S/C17H29N3/c1-4-20(13-7-12-19(2)3)17-9-6-5-8-15(17)14-18-16-10-11-16/h5-6,8-9,16,18H,4,7,10-14H2,1-3H3. The van der Waals surface area contributed by atoms with E-state index in [9.17, 15) is 0 Å². The molecule has 112 valence electrons. The molecule has 3 heteroatoms. The van der Waals surface area contributed by atoms with Crippen molar-refractivity contribution in [3.8, 4) is 0 Å². The summed E-state index contributed by atoms with van der Waals surface area (Å²) in [5.41, 5.74) is 2.84. The fourth-order valence-electron chi connectivity index (χ4n) is 2.54. The first-order chi connectivity index (χ1) is 9.70. The summed E-state index contributed by atoms with van der Waals surface area (Å²) in [6.45, 7) is 6.62. The minimum absolute atomic E-state index is 0.770. The van der Waals surface area contributed by atoms with Crippen LogP contribution in [0.25, 0.3) is 0 Å². The predicted octanol–water partition coefficient (Wildman–Crippen LogP) is 2.72. The van der Waals surface area contributed by atoms with Crippen LogP contribution in [0, 0.1) is 0 Å². The van der Waals surface area contributed by atoms with Gasteiger partial charge in [0.25, 0.3) is 0 Å². The van der Waals surface area contributed by atoms with Gasteiger partial charge in [-0.05, 0) is 58.5 Å². The molecule has 1 fully saturated rings. The van der Waals surface area contributed by atoms with E-state index in [-0.39, 0.29) is 0 Å². The van der Waals surface area contributed by atoms with Gasteiger partial charge in [0.2, 0.25) is 0 Å². The highest BCUT2D eigenvalue weighted by molar-refractivity contribution is 5.53. The average molecular weight is 275 g/mol. The summed E-state index contributed by atoms with van der Waals surface area (Å²) >= 11 is 0. The summed E-state index contributed by atoms with van der Waals surface area (Å²) < 4.78 is 0. The third-order valence-corrected chi connectivity index (χ3v) is 3.91. The molecule has 1 N–H and O–H groups in total. The number of anilines is 1. The topological polar surface area (TPSA) is 18.5 Å². The molecule has 1 aliphatic carbocycles. The van der Waals surface area contributed by atoms with Gasteiger partial charge in [0, 0.05) is 31.4 Å². The lowest BCUT2D eigenvalue weighted by molar-refractivity contribution is 0.400. The molecular weight excluding hydrogens is 246 g/mol. The van der Waals surface area contributed by atoms with E-state index in [1.807, 2.05) is 0 Å². The number of rotatable bonds is 9. The Morgan fingerprint density at radius 2 is 1.90 bits per heavy atom. The van der Waals surface area contributed by atoms with Gasteiger partial charge in [-0.1, -0.05) is 18.2 Å². The third-order valence-electron chi connectivity index (χ3n) is 3.91. The highest BCUT2D eigenvalue weighted by Crippen LogP contribution is 2.23. The molecule has 3 nitrogen and oxygen atoms in total. The molecule has 0 saturated heterocycles. The summed E-state index contributed by atoms with van der Waals surface area (Å²) in [5, 5.41) is 3.63. The average Bonchev–Trinajstić information content (AvgIpc) is 3.26. The van der Waals surface area contributed by atoms with Gasteiger partial charge in [-0.2, -0.15) is 0 Å². The van der Waals surface area contributed by atoms with Gasteiger partial charge >= 0.3 is 0 Å². The van der Waals surface area contributed by atoms with Crippen LogP contribution in [0.15, 0.2) is 24.3 Å². The third kappa shape index (κ3) is 4.80. The maximum atomic E-state index is 3.63. The summed E-state index contributed by atoms with van der Waals surface area (Å²) in [6.07, 6.45) is 3.91. The summed E-state index contributed by atoms with van der Waals surface area (Å²) in [4.78, 5) is 4.77. The van der Waals surface area contributed by atoms with Crippen LogP contribution in [0.4, 0.5) is 5.69 Å². The minimum Gasteiger partial charge on any atom is -0.372 e. The number of para-hydroxylation sites is 1. The largest absolute Gasteiger partial charge is 0.372 e. The molecule has 1 aromatic rings. The highest BCUT2D eigenvalue weighted by Gasteiger charge is 2.20. The Labute approximate surface area is 124 Å². The van der Waals surface area contributed by atoms with Crippen LogP contribution in [0.5, 0.6) is 0 Å². The normalized spacial score (nSPS) is 14.8. The molecule has 1 saturated carbocycles. The Bertz CT molecular complexity index is 399. The van der Waals surface area contributed by atoms with E-state index in [1.54, 1.807) is 0 Å². The summed E-state index contributed by atoms with van der Waals surface area (Å²) in [5.74, 6) is 0. The lowest BCUT2D eigenvalue weighted by atomic mass is 10.1. The van der Waals surface area contributed by atoms with Crippen molar-refractivity contribution in [3.05, 3.63) is 29.8 Å². The maximum absolute atomic E-state index is 3.63. The van der Waals surface area contributed by atoms with Gasteiger partial charge in [-0.15, -0.1) is 0 Å². The molecular formula is C17H29N3. The van der Waals surface area contributed by atoms with Crippen LogP contribution < -0.4 is 10.2 Å². The molecule has 0 bridgehead atoms. The van der Waals surface area contributed by atoms with E-state index in [2.05, 4.69) is 60.4 Å². The van der Waals surface area contributed by atoms with Gasteiger partial charge in [-0.3, -0.25) is 0 Å². The lowest BCUT2D eigenvalue weighted by Crippen LogP contribution is -2.28. The summed E-state index contributed by atoms with van der Waals surface area (Å²) in [6, 6.07) is 9.61. The molecule has 0 unspecified atom stereocenters. The van der Waals surface area contributed by atoms with E-state index < -0.39 is 0 Å². The van der Waals surface area contributed by atoms with Crippen LogP contribution in [0.1, 0.15) is 31.7 Å². The fraction of sp³-hybridized carbons (Fsp3) is 0.647. The van der Waals surface area contributed by atoms with Crippen LogP contribution in [0.3, 0.4) is 0 Å². The van der Waals surface area contributed by atoms with Crippen LogP contribution in [-0.4, -0.2) is 44.7 Å². The first-order valence-corrected chi connectivity index (χ1v) is 7.91. The Morgan fingerprint density at radius 1 is 1.15 bits per heavy atom. The van der Waals surface area contributed by atoms with Gasteiger partial charge in [0.15, 0.2) is 0 Å². The molecule has 0 atom stereocenters. The molecule has 0 radical (unpaired) electrons. The second-order valence-electron chi connectivity index (χ2n) is 6.02. The molecule has 0 aliphatic heterocycles. The van der Waals surface area contributed by atoms with Crippen molar-refractivity contribution in [2.45, 2.75) is 38.8 Å². The van der Waals surface area contributed by atoms with E-state index in [4.69, 9.17) is 0 Å². The molecule has 0 amide bonds. The molecule has 2 rings (SSSR count). The smallest absolute Gasteiger partial charge is 0.0411 e. The second-order valence-corrected chi connectivity index (χ2v) is 6.02. The van der Waals surface area contributed by atoms with Crippen molar-refractivity contribution >= 4 is 5.69 Å². The zero-order valence-electron chi connectivity index (χ0n) is 13.2. The van der Waals surface area contributed by atoms with Gasteiger partial charge < -0.3 is 15.1 Å². The van der Waals surface area contributed by atoms with E-state index >= 15 is 0 Å². The van der Waals surface area contributed by atoms with Gasteiger partial charge in [0.1, 0.15) is 0 Å². The Balaban J connectivity index is 1.95. The monoisotopic (exact) mass is 275 g/mol. The predicted molar refractivity (Wildman–Crippen MR) is 87.4 cm³/mol.